The van der Waals surface area contributed by atoms with Gasteiger partial charge in [0.1, 0.15) is 0 Å². The van der Waals surface area contributed by atoms with E-state index in [1.54, 1.807) is 0 Å². The lowest BCUT2D eigenvalue weighted by atomic mass is 9.67. The second kappa shape index (κ2) is 7.01. The molecule has 2 N–H and O–H groups in total. The Hall–Kier alpha value is -1.06. The maximum absolute atomic E-state index is 12.9. The molecule has 0 radical (unpaired) electrons. The fraction of sp³-hybridized carbons (Fsp3) is 0.611. The molecule has 1 saturated heterocycles. The van der Waals surface area contributed by atoms with Gasteiger partial charge in [-0.3, -0.25) is 4.79 Å². The lowest BCUT2D eigenvalue weighted by molar-refractivity contribution is -0.134. The van der Waals surface area contributed by atoms with Crippen LogP contribution in [0.4, 0.5) is 0 Å². The quantitative estimate of drug-likeness (QED) is 0.895. The van der Waals surface area contributed by atoms with E-state index >= 15 is 0 Å². The molecule has 2 fully saturated rings. The number of fused-ring (bicyclic) bond motifs is 1. The average molecular weight is 323 g/mol. The van der Waals surface area contributed by atoms with E-state index in [1.807, 2.05) is 12.1 Å². The minimum atomic E-state index is -0.158. The standard InChI is InChI=1S/C18H26N2O.ClH/c1-13-7-3-4-9-16(13)14(2)20-17(21)18-10-6-5-8-15(18)11-19-12-18;/h3-4,7,9,14-15,19H,5-6,8,10-12H2,1-2H3,(H,20,21);1H/t14?,15-,18+;/m0./s1. The number of carbonyl (C=O) groups is 1. The number of hydrogen-bond acceptors (Lipinski definition) is 2. The highest BCUT2D eigenvalue weighted by atomic mass is 35.5. The summed E-state index contributed by atoms with van der Waals surface area (Å²) in [6, 6.07) is 8.39. The van der Waals surface area contributed by atoms with Crippen LogP contribution < -0.4 is 10.6 Å². The number of hydrogen-bond donors (Lipinski definition) is 2. The Labute approximate surface area is 139 Å². The van der Waals surface area contributed by atoms with Gasteiger partial charge in [0.25, 0.3) is 0 Å². The number of benzene rings is 1. The second-order valence-electron chi connectivity index (χ2n) is 6.78. The number of rotatable bonds is 3. The molecule has 22 heavy (non-hydrogen) atoms. The molecule has 1 aromatic rings. The zero-order chi connectivity index (χ0) is 14.9. The molecule has 1 aliphatic heterocycles. The first kappa shape index (κ1) is 17.3. The topological polar surface area (TPSA) is 41.1 Å². The Morgan fingerprint density at radius 1 is 1.36 bits per heavy atom. The first-order chi connectivity index (χ1) is 10.1. The lowest BCUT2D eigenvalue weighted by Gasteiger charge is -2.38. The van der Waals surface area contributed by atoms with E-state index in [9.17, 15) is 4.79 Å². The highest BCUT2D eigenvalue weighted by molar-refractivity contribution is 5.85. The Bertz CT molecular complexity index is 534. The van der Waals surface area contributed by atoms with Gasteiger partial charge in [0.2, 0.25) is 5.91 Å². The third kappa shape index (κ3) is 3.02. The van der Waals surface area contributed by atoms with Crippen LogP contribution in [0.5, 0.6) is 0 Å². The number of amides is 1. The van der Waals surface area contributed by atoms with E-state index in [0.29, 0.717) is 5.92 Å². The molecule has 4 heteroatoms. The SMILES string of the molecule is Cc1ccccc1C(C)NC(=O)[C@@]12CCCC[C@H]1CNC2.Cl. The third-order valence-electron chi connectivity index (χ3n) is 5.49. The predicted octanol–water partition coefficient (Wildman–Crippen LogP) is 3.37. The molecule has 3 rings (SSSR count). The van der Waals surface area contributed by atoms with Crippen molar-refractivity contribution in [2.45, 2.75) is 45.6 Å². The molecule has 0 bridgehead atoms. The zero-order valence-corrected chi connectivity index (χ0v) is 14.3. The number of halogens is 1. The monoisotopic (exact) mass is 322 g/mol. The van der Waals surface area contributed by atoms with Gasteiger partial charge in [0, 0.05) is 6.54 Å². The van der Waals surface area contributed by atoms with E-state index < -0.39 is 0 Å². The number of carbonyl (C=O) groups excluding carboxylic acids is 1. The summed E-state index contributed by atoms with van der Waals surface area (Å²) in [5.74, 6) is 0.781. The average Bonchev–Trinajstić information content (AvgIpc) is 2.92. The van der Waals surface area contributed by atoms with Crippen LogP contribution in [0.1, 0.15) is 49.8 Å². The molecule has 1 saturated carbocycles. The number of nitrogens with one attached hydrogen (secondary N) is 2. The van der Waals surface area contributed by atoms with Crippen molar-refractivity contribution in [3.63, 3.8) is 0 Å². The fourth-order valence-electron chi connectivity index (χ4n) is 4.18. The van der Waals surface area contributed by atoms with Gasteiger partial charge in [-0.25, -0.2) is 0 Å². The van der Waals surface area contributed by atoms with Gasteiger partial charge in [-0.2, -0.15) is 0 Å². The molecule has 1 amide bonds. The van der Waals surface area contributed by atoms with Gasteiger partial charge in [0.05, 0.1) is 11.5 Å². The minimum absolute atomic E-state index is 0. The minimum Gasteiger partial charge on any atom is -0.349 e. The third-order valence-corrected chi connectivity index (χ3v) is 5.49. The molecule has 1 heterocycles. The summed E-state index contributed by atoms with van der Waals surface area (Å²) in [5, 5.41) is 6.74. The summed E-state index contributed by atoms with van der Waals surface area (Å²) in [4.78, 5) is 12.9. The van der Waals surface area contributed by atoms with Crippen molar-refractivity contribution in [3.05, 3.63) is 35.4 Å². The number of aryl methyl sites for hydroxylation is 1. The van der Waals surface area contributed by atoms with Crippen molar-refractivity contribution in [1.29, 1.82) is 0 Å². The second-order valence-corrected chi connectivity index (χ2v) is 6.78. The van der Waals surface area contributed by atoms with E-state index in [1.165, 1.54) is 30.4 Å². The Morgan fingerprint density at radius 2 is 2.14 bits per heavy atom. The van der Waals surface area contributed by atoms with Gasteiger partial charge in [0.15, 0.2) is 0 Å². The molecule has 122 valence electrons. The summed E-state index contributed by atoms with van der Waals surface area (Å²) in [6.45, 7) is 6.06. The molecule has 0 aromatic heterocycles. The largest absolute Gasteiger partial charge is 0.349 e. The molecule has 2 aliphatic rings. The van der Waals surface area contributed by atoms with Gasteiger partial charge < -0.3 is 10.6 Å². The summed E-state index contributed by atoms with van der Waals surface area (Å²) < 4.78 is 0. The van der Waals surface area contributed by atoms with Crippen LogP contribution in [0.2, 0.25) is 0 Å². The maximum atomic E-state index is 12.9. The highest BCUT2D eigenvalue weighted by Gasteiger charge is 2.49. The normalized spacial score (nSPS) is 28.4. The summed E-state index contributed by atoms with van der Waals surface area (Å²) in [5.41, 5.74) is 2.31. The van der Waals surface area contributed by atoms with Gasteiger partial charge in [-0.05, 0) is 50.3 Å². The van der Waals surface area contributed by atoms with Gasteiger partial charge in [-0.1, -0.05) is 37.1 Å². The van der Waals surface area contributed by atoms with Crippen LogP contribution in [0.3, 0.4) is 0 Å². The van der Waals surface area contributed by atoms with Crippen molar-refractivity contribution < 1.29 is 4.79 Å². The highest BCUT2D eigenvalue weighted by Crippen LogP contribution is 2.44. The van der Waals surface area contributed by atoms with E-state index in [0.717, 1.165) is 19.5 Å². The molecular weight excluding hydrogens is 296 g/mol. The van der Waals surface area contributed by atoms with Crippen LogP contribution in [0.15, 0.2) is 24.3 Å². The Balaban J connectivity index is 0.00000176. The summed E-state index contributed by atoms with van der Waals surface area (Å²) in [6.07, 6.45) is 4.69. The molecule has 3 atom stereocenters. The van der Waals surface area contributed by atoms with Crippen LogP contribution in [-0.2, 0) is 4.79 Å². The van der Waals surface area contributed by atoms with Gasteiger partial charge in [-0.15, -0.1) is 12.4 Å². The van der Waals surface area contributed by atoms with Crippen LogP contribution in [-0.4, -0.2) is 19.0 Å². The van der Waals surface area contributed by atoms with E-state index in [4.69, 9.17) is 0 Å². The summed E-state index contributed by atoms with van der Waals surface area (Å²) in [7, 11) is 0. The summed E-state index contributed by atoms with van der Waals surface area (Å²) >= 11 is 0. The van der Waals surface area contributed by atoms with Gasteiger partial charge >= 0.3 is 0 Å². The van der Waals surface area contributed by atoms with E-state index in [-0.39, 0.29) is 29.8 Å². The van der Waals surface area contributed by atoms with Crippen molar-refractivity contribution >= 4 is 18.3 Å². The van der Waals surface area contributed by atoms with Crippen molar-refractivity contribution in [2.75, 3.05) is 13.1 Å². The van der Waals surface area contributed by atoms with E-state index in [2.05, 4.69) is 36.6 Å². The fourth-order valence-corrected chi connectivity index (χ4v) is 4.18. The first-order valence-electron chi connectivity index (χ1n) is 8.21. The molecule has 1 aromatic carbocycles. The van der Waals surface area contributed by atoms with Crippen LogP contribution in [0, 0.1) is 18.3 Å². The lowest BCUT2D eigenvalue weighted by Crippen LogP contribution is -2.48. The smallest absolute Gasteiger partial charge is 0.228 e. The van der Waals surface area contributed by atoms with Crippen molar-refractivity contribution in [2.24, 2.45) is 11.3 Å². The molecule has 3 nitrogen and oxygen atoms in total. The van der Waals surface area contributed by atoms with Crippen molar-refractivity contribution in [3.8, 4) is 0 Å². The molecule has 1 aliphatic carbocycles. The molecular formula is C18H27ClN2O. The Kier molecular flexibility index (Phi) is 5.51. The van der Waals surface area contributed by atoms with Crippen LogP contribution in [0.25, 0.3) is 0 Å². The first-order valence-corrected chi connectivity index (χ1v) is 8.21. The zero-order valence-electron chi connectivity index (χ0n) is 13.5. The Morgan fingerprint density at radius 3 is 2.91 bits per heavy atom. The molecule has 0 spiro atoms. The van der Waals surface area contributed by atoms with Crippen LogP contribution >= 0.6 is 12.4 Å². The maximum Gasteiger partial charge on any atom is 0.228 e. The predicted molar refractivity (Wildman–Crippen MR) is 92.2 cm³/mol. The molecule has 1 unspecified atom stereocenters. The van der Waals surface area contributed by atoms with Crippen molar-refractivity contribution in [1.82, 2.24) is 10.6 Å².